The van der Waals surface area contributed by atoms with Gasteiger partial charge in [-0.15, -0.1) is 0 Å². The molecule has 2 heterocycles. The molecule has 3 rings (SSSR count). The first-order valence-electron chi connectivity index (χ1n) is 6.58. The summed E-state index contributed by atoms with van der Waals surface area (Å²) in [5.41, 5.74) is 4.17. The molecule has 3 nitrogen and oxygen atoms in total. The Kier molecular flexibility index (Phi) is 3.04. The first-order chi connectivity index (χ1) is 8.33. The van der Waals surface area contributed by atoms with E-state index in [1.807, 2.05) is 0 Å². The zero-order chi connectivity index (χ0) is 11.7. The van der Waals surface area contributed by atoms with Crippen molar-refractivity contribution in [1.82, 2.24) is 4.90 Å². The number of β-amino-alcohol motifs (C(OH)–C–C–N with tert-alkyl or cyclic N) is 1. The van der Waals surface area contributed by atoms with Gasteiger partial charge in [-0.3, -0.25) is 4.90 Å². The molecular formula is C14H20N2O. The zero-order valence-electron chi connectivity index (χ0n) is 10.2. The Hall–Kier alpha value is -1.06. The van der Waals surface area contributed by atoms with Crippen molar-refractivity contribution >= 4 is 5.69 Å². The molecule has 92 valence electrons. The maximum atomic E-state index is 9.69. The van der Waals surface area contributed by atoms with Crippen LogP contribution in [0.3, 0.4) is 0 Å². The fraction of sp³-hybridized carbons (Fsp3) is 0.571. The monoisotopic (exact) mass is 232 g/mol. The van der Waals surface area contributed by atoms with Gasteiger partial charge >= 0.3 is 0 Å². The van der Waals surface area contributed by atoms with Gasteiger partial charge in [-0.2, -0.15) is 0 Å². The Labute approximate surface area is 102 Å². The summed E-state index contributed by atoms with van der Waals surface area (Å²) in [5, 5.41) is 13.2. The molecule has 1 atom stereocenters. The molecule has 1 aromatic carbocycles. The minimum Gasteiger partial charge on any atom is -0.392 e. The molecule has 17 heavy (non-hydrogen) atoms. The predicted molar refractivity (Wildman–Crippen MR) is 69.2 cm³/mol. The highest BCUT2D eigenvalue weighted by molar-refractivity contribution is 5.61. The number of hydrogen-bond acceptors (Lipinski definition) is 3. The number of nitrogens with zero attached hydrogens (tertiary/aromatic N) is 1. The van der Waals surface area contributed by atoms with Crippen LogP contribution < -0.4 is 5.32 Å². The van der Waals surface area contributed by atoms with Crippen LogP contribution in [-0.2, 0) is 13.0 Å². The molecule has 3 heteroatoms. The van der Waals surface area contributed by atoms with E-state index in [0.29, 0.717) is 0 Å². The van der Waals surface area contributed by atoms with Crippen molar-refractivity contribution in [3.8, 4) is 0 Å². The second-order valence-corrected chi connectivity index (χ2v) is 5.16. The van der Waals surface area contributed by atoms with Crippen LogP contribution in [0.5, 0.6) is 0 Å². The quantitative estimate of drug-likeness (QED) is 0.813. The molecule has 1 fully saturated rings. The number of fused-ring (bicyclic) bond motifs is 1. The topological polar surface area (TPSA) is 35.5 Å². The van der Waals surface area contributed by atoms with Gasteiger partial charge in [0.2, 0.25) is 0 Å². The fourth-order valence-corrected chi connectivity index (χ4v) is 2.96. The largest absolute Gasteiger partial charge is 0.392 e. The SMILES string of the molecule is O[C@H]1CCCN(Cc2cccc3c2NCC3)C1. The van der Waals surface area contributed by atoms with Gasteiger partial charge in [-0.05, 0) is 36.9 Å². The second-order valence-electron chi connectivity index (χ2n) is 5.16. The van der Waals surface area contributed by atoms with E-state index in [2.05, 4.69) is 28.4 Å². The molecule has 0 spiro atoms. The van der Waals surface area contributed by atoms with E-state index in [0.717, 1.165) is 45.4 Å². The molecule has 0 unspecified atom stereocenters. The van der Waals surface area contributed by atoms with Crippen LogP contribution in [-0.4, -0.2) is 35.7 Å². The molecule has 0 aliphatic carbocycles. The Morgan fingerprint density at radius 1 is 1.41 bits per heavy atom. The average Bonchev–Trinajstić information content (AvgIpc) is 2.78. The lowest BCUT2D eigenvalue weighted by Gasteiger charge is -2.30. The van der Waals surface area contributed by atoms with Crippen LogP contribution in [0.15, 0.2) is 18.2 Å². The fourth-order valence-electron chi connectivity index (χ4n) is 2.96. The summed E-state index contributed by atoms with van der Waals surface area (Å²) in [6.07, 6.45) is 3.09. The first kappa shape index (κ1) is 11.1. The van der Waals surface area contributed by atoms with E-state index in [1.165, 1.54) is 16.8 Å². The van der Waals surface area contributed by atoms with Crippen LogP contribution in [0.1, 0.15) is 24.0 Å². The van der Waals surface area contributed by atoms with Crippen molar-refractivity contribution < 1.29 is 5.11 Å². The minimum absolute atomic E-state index is 0.131. The number of nitrogens with one attached hydrogen (secondary N) is 1. The number of aliphatic hydroxyl groups excluding tert-OH is 1. The third kappa shape index (κ3) is 2.31. The first-order valence-corrected chi connectivity index (χ1v) is 6.58. The normalized spacial score (nSPS) is 24.4. The number of para-hydroxylation sites is 1. The van der Waals surface area contributed by atoms with E-state index in [4.69, 9.17) is 0 Å². The zero-order valence-corrected chi connectivity index (χ0v) is 10.2. The number of likely N-dealkylation sites (tertiary alicyclic amines) is 1. The number of piperidine rings is 1. The third-order valence-corrected chi connectivity index (χ3v) is 3.81. The number of aliphatic hydroxyl groups is 1. The van der Waals surface area contributed by atoms with Crippen molar-refractivity contribution in [2.24, 2.45) is 0 Å². The minimum atomic E-state index is -0.131. The number of anilines is 1. The lowest BCUT2D eigenvalue weighted by molar-refractivity contribution is 0.0669. The molecule has 2 N–H and O–H groups in total. The van der Waals surface area contributed by atoms with E-state index in [1.54, 1.807) is 0 Å². The van der Waals surface area contributed by atoms with Gasteiger partial charge < -0.3 is 10.4 Å². The van der Waals surface area contributed by atoms with Gasteiger partial charge in [-0.25, -0.2) is 0 Å². The predicted octanol–water partition coefficient (Wildman–Crippen LogP) is 1.61. The third-order valence-electron chi connectivity index (χ3n) is 3.81. The molecule has 0 bridgehead atoms. The lowest BCUT2D eigenvalue weighted by Crippen LogP contribution is -2.37. The number of rotatable bonds is 2. The van der Waals surface area contributed by atoms with Gasteiger partial charge in [-0.1, -0.05) is 18.2 Å². The summed E-state index contributed by atoms with van der Waals surface area (Å²) < 4.78 is 0. The van der Waals surface area contributed by atoms with E-state index >= 15 is 0 Å². The van der Waals surface area contributed by atoms with E-state index in [9.17, 15) is 5.11 Å². The van der Waals surface area contributed by atoms with Crippen molar-refractivity contribution in [3.63, 3.8) is 0 Å². The van der Waals surface area contributed by atoms with Gasteiger partial charge in [0.15, 0.2) is 0 Å². The summed E-state index contributed by atoms with van der Waals surface area (Å²) >= 11 is 0. The lowest BCUT2D eigenvalue weighted by atomic mass is 10.0. The van der Waals surface area contributed by atoms with Crippen molar-refractivity contribution in [3.05, 3.63) is 29.3 Å². The summed E-state index contributed by atoms with van der Waals surface area (Å²) in [7, 11) is 0. The molecule has 2 aliphatic heterocycles. The van der Waals surface area contributed by atoms with Gasteiger partial charge in [0.05, 0.1) is 6.10 Å². The Balaban J connectivity index is 1.74. The molecule has 1 aromatic rings. The van der Waals surface area contributed by atoms with Crippen LogP contribution in [0.2, 0.25) is 0 Å². The van der Waals surface area contributed by atoms with E-state index in [-0.39, 0.29) is 6.10 Å². The number of benzene rings is 1. The second kappa shape index (κ2) is 4.67. The number of hydrogen-bond donors (Lipinski definition) is 2. The molecular weight excluding hydrogens is 212 g/mol. The van der Waals surface area contributed by atoms with Crippen LogP contribution in [0, 0.1) is 0 Å². The van der Waals surface area contributed by atoms with Crippen LogP contribution >= 0.6 is 0 Å². The summed E-state index contributed by atoms with van der Waals surface area (Å²) in [6, 6.07) is 6.57. The van der Waals surface area contributed by atoms with Gasteiger partial charge in [0.25, 0.3) is 0 Å². The van der Waals surface area contributed by atoms with Crippen molar-refractivity contribution in [1.29, 1.82) is 0 Å². The van der Waals surface area contributed by atoms with E-state index < -0.39 is 0 Å². The average molecular weight is 232 g/mol. The smallest absolute Gasteiger partial charge is 0.0667 e. The summed E-state index contributed by atoms with van der Waals surface area (Å²) in [4.78, 5) is 2.36. The standard InChI is InChI=1S/C14H20N2O/c17-13-5-2-8-16(10-13)9-12-4-1-3-11-6-7-15-14(11)12/h1,3-4,13,15,17H,2,5-10H2/t13-/m0/s1. The van der Waals surface area contributed by atoms with Gasteiger partial charge in [0.1, 0.15) is 0 Å². The molecule has 0 saturated carbocycles. The Morgan fingerprint density at radius 3 is 3.24 bits per heavy atom. The van der Waals surface area contributed by atoms with Crippen LogP contribution in [0.4, 0.5) is 5.69 Å². The molecule has 1 saturated heterocycles. The van der Waals surface area contributed by atoms with Crippen molar-refractivity contribution in [2.45, 2.75) is 31.9 Å². The highest BCUT2D eigenvalue weighted by atomic mass is 16.3. The maximum absolute atomic E-state index is 9.69. The molecule has 0 radical (unpaired) electrons. The Bertz CT molecular complexity index is 405. The molecule has 2 aliphatic rings. The highest BCUT2D eigenvalue weighted by Gasteiger charge is 2.20. The van der Waals surface area contributed by atoms with Crippen molar-refractivity contribution in [2.75, 3.05) is 25.0 Å². The van der Waals surface area contributed by atoms with Gasteiger partial charge in [0, 0.05) is 25.3 Å². The summed E-state index contributed by atoms with van der Waals surface area (Å²) in [6.45, 7) is 3.96. The highest BCUT2D eigenvalue weighted by Crippen LogP contribution is 2.28. The molecule has 0 amide bonds. The van der Waals surface area contributed by atoms with Crippen LogP contribution in [0.25, 0.3) is 0 Å². The Morgan fingerprint density at radius 2 is 2.35 bits per heavy atom. The summed E-state index contributed by atoms with van der Waals surface area (Å²) in [5.74, 6) is 0. The maximum Gasteiger partial charge on any atom is 0.0667 e. The molecule has 0 aromatic heterocycles.